The summed E-state index contributed by atoms with van der Waals surface area (Å²) in [6.07, 6.45) is 2.79. The van der Waals surface area contributed by atoms with Crippen LogP contribution in [0.4, 0.5) is 5.69 Å². The van der Waals surface area contributed by atoms with Gasteiger partial charge in [0.2, 0.25) is 0 Å². The molecule has 1 saturated carbocycles. The van der Waals surface area contributed by atoms with Gasteiger partial charge in [-0.3, -0.25) is 0 Å². The van der Waals surface area contributed by atoms with Crippen molar-refractivity contribution in [2.75, 3.05) is 25.1 Å². The van der Waals surface area contributed by atoms with Crippen molar-refractivity contribution >= 4 is 5.69 Å². The second-order valence-electron chi connectivity index (χ2n) is 6.49. The summed E-state index contributed by atoms with van der Waals surface area (Å²) in [7, 11) is 1.77. The van der Waals surface area contributed by atoms with E-state index >= 15 is 0 Å². The molecule has 0 spiro atoms. The van der Waals surface area contributed by atoms with Crippen LogP contribution in [0.2, 0.25) is 0 Å². The SMILES string of the molecule is COc1ccccc1N1CC(C2CC2)NCC1C(C)C. The Balaban J connectivity index is 1.88. The largest absolute Gasteiger partial charge is 0.495 e. The summed E-state index contributed by atoms with van der Waals surface area (Å²) >= 11 is 0. The molecule has 1 N–H and O–H groups in total. The second-order valence-corrected chi connectivity index (χ2v) is 6.49. The zero-order valence-corrected chi connectivity index (χ0v) is 12.8. The van der Waals surface area contributed by atoms with Crippen molar-refractivity contribution in [3.63, 3.8) is 0 Å². The standard InChI is InChI=1S/C17H26N2O/c1-12(2)16-10-18-14(13-8-9-13)11-19(16)15-6-4-5-7-17(15)20-3/h4-7,12-14,16,18H,8-11H2,1-3H3. The molecule has 1 aliphatic heterocycles. The number of hydrogen-bond acceptors (Lipinski definition) is 3. The fourth-order valence-electron chi connectivity index (χ4n) is 3.35. The van der Waals surface area contributed by atoms with Crippen molar-refractivity contribution < 1.29 is 4.74 Å². The summed E-state index contributed by atoms with van der Waals surface area (Å²) in [6, 6.07) is 9.62. The van der Waals surface area contributed by atoms with E-state index in [1.165, 1.54) is 18.5 Å². The second kappa shape index (κ2) is 5.65. The average molecular weight is 274 g/mol. The molecule has 110 valence electrons. The Bertz CT molecular complexity index is 456. The van der Waals surface area contributed by atoms with Crippen LogP contribution in [0.15, 0.2) is 24.3 Å². The third kappa shape index (κ3) is 2.64. The third-order valence-corrected chi connectivity index (χ3v) is 4.74. The van der Waals surface area contributed by atoms with Gasteiger partial charge in [-0.05, 0) is 36.8 Å². The minimum absolute atomic E-state index is 0.543. The Morgan fingerprint density at radius 2 is 2.00 bits per heavy atom. The van der Waals surface area contributed by atoms with Gasteiger partial charge in [-0.1, -0.05) is 26.0 Å². The monoisotopic (exact) mass is 274 g/mol. The van der Waals surface area contributed by atoms with E-state index in [0.29, 0.717) is 18.0 Å². The molecule has 1 aromatic carbocycles. The summed E-state index contributed by atoms with van der Waals surface area (Å²) in [5.41, 5.74) is 1.25. The Labute approximate surface area is 122 Å². The van der Waals surface area contributed by atoms with Gasteiger partial charge in [0.15, 0.2) is 0 Å². The van der Waals surface area contributed by atoms with Gasteiger partial charge in [0.1, 0.15) is 5.75 Å². The lowest BCUT2D eigenvalue weighted by atomic mass is 9.96. The van der Waals surface area contributed by atoms with Crippen LogP contribution in [0.1, 0.15) is 26.7 Å². The third-order valence-electron chi connectivity index (χ3n) is 4.74. The molecule has 2 fully saturated rings. The van der Waals surface area contributed by atoms with E-state index in [9.17, 15) is 0 Å². The highest BCUT2D eigenvalue weighted by molar-refractivity contribution is 5.59. The minimum atomic E-state index is 0.543. The van der Waals surface area contributed by atoms with Crippen molar-refractivity contribution in [1.82, 2.24) is 5.32 Å². The van der Waals surface area contributed by atoms with Gasteiger partial charge in [0, 0.05) is 25.2 Å². The molecule has 3 heteroatoms. The molecule has 1 saturated heterocycles. The van der Waals surface area contributed by atoms with Crippen LogP contribution in [0.5, 0.6) is 5.75 Å². The Hall–Kier alpha value is -1.22. The number of hydrogen-bond donors (Lipinski definition) is 1. The summed E-state index contributed by atoms with van der Waals surface area (Å²) in [6.45, 7) is 6.81. The predicted octanol–water partition coefficient (Wildman–Crippen LogP) is 2.91. The number of nitrogens with zero attached hydrogens (tertiary/aromatic N) is 1. The molecular weight excluding hydrogens is 248 g/mol. The van der Waals surface area contributed by atoms with Crippen LogP contribution in [0, 0.1) is 11.8 Å². The molecule has 2 aliphatic rings. The maximum atomic E-state index is 5.58. The predicted molar refractivity (Wildman–Crippen MR) is 83.5 cm³/mol. The lowest BCUT2D eigenvalue weighted by molar-refractivity contribution is 0.316. The Kier molecular flexibility index (Phi) is 3.88. The smallest absolute Gasteiger partial charge is 0.142 e. The molecule has 3 rings (SSSR count). The van der Waals surface area contributed by atoms with Crippen LogP contribution in [-0.2, 0) is 0 Å². The molecule has 3 nitrogen and oxygen atoms in total. The first kappa shape index (κ1) is 13.7. The number of para-hydroxylation sites is 2. The number of rotatable bonds is 4. The molecule has 0 bridgehead atoms. The maximum Gasteiger partial charge on any atom is 0.142 e. The number of ether oxygens (including phenoxy) is 1. The number of anilines is 1. The molecule has 1 aromatic rings. The normalized spacial score (nSPS) is 26.9. The van der Waals surface area contributed by atoms with E-state index in [1.807, 2.05) is 6.07 Å². The lowest BCUT2D eigenvalue weighted by Crippen LogP contribution is -2.59. The molecule has 20 heavy (non-hydrogen) atoms. The topological polar surface area (TPSA) is 24.5 Å². The van der Waals surface area contributed by atoms with Crippen molar-refractivity contribution in [1.29, 1.82) is 0 Å². The van der Waals surface area contributed by atoms with Crippen LogP contribution in [-0.4, -0.2) is 32.3 Å². The minimum Gasteiger partial charge on any atom is -0.495 e. The molecule has 0 radical (unpaired) electrons. The lowest BCUT2D eigenvalue weighted by Gasteiger charge is -2.44. The van der Waals surface area contributed by atoms with Crippen LogP contribution in [0.25, 0.3) is 0 Å². The number of benzene rings is 1. The first-order chi connectivity index (χ1) is 9.70. The summed E-state index contributed by atoms with van der Waals surface area (Å²) in [5, 5.41) is 3.77. The van der Waals surface area contributed by atoms with Gasteiger partial charge in [-0.25, -0.2) is 0 Å². The molecule has 1 heterocycles. The van der Waals surface area contributed by atoms with Gasteiger partial charge in [-0.2, -0.15) is 0 Å². The van der Waals surface area contributed by atoms with Crippen molar-refractivity contribution in [2.24, 2.45) is 11.8 Å². The first-order valence-electron chi connectivity index (χ1n) is 7.83. The van der Waals surface area contributed by atoms with Gasteiger partial charge < -0.3 is 15.0 Å². The highest BCUT2D eigenvalue weighted by atomic mass is 16.5. The van der Waals surface area contributed by atoms with Crippen LogP contribution in [0.3, 0.4) is 0 Å². The van der Waals surface area contributed by atoms with Crippen LogP contribution >= 0.6 is 0 Å². The Morgan fingerprint density at radius 1 is 1.25 bits per heavy atom. The van der Waals surface area contributed by atoms with Crippen LogP contribution < -0.4 is 15.0 Å². The zero-order valence-electron chi connectivity index (χ0n) is 12.8. The maximum absolute atomic E-state index is 5.58. The summed E-state index contributed by atoms with van der Waals surface area (Å²) in [5.74, 6) is 2.52. The van der Waals surface area contributed by atoms with Crippen molar-refractivity contribution in [2.45, 2.75) is 38.8 Å². The van der Waals surface area contributed by atoms with E-state index in [-0.39, 0.29) is 0 Å². The first-order valence-corrected chi connectivity index (χ1v) is 7.83. The molecular formula is C17H26N2O. The van der Waals surface area contributed by atoms with E-state index in [1.54, 1.807) is 7.11 Å². The molecule has 2 unspecified atom stereocenters. The summed E-state index contributed by atoms with van der Waals surface area (Å²) in [4.78, 5) is 2.57. The quantitative estimate of drug-likeness (QED) is 0.913. The molecule has 0 amide bonds. The highest BCUT2D eigenvalue weighted by Crippen LogP contribution is 2.38. The van der Waals surface area contributed by atoms with E-state index in [0.717, 1.165) is 24.8 Å². The van der Waals surface area contributed by atoms with E-state index in [2.05, 4.69) is 42.3 Å². The number of methoxy groups -OCH3 is 1. The summed E-state index contributed by atoms with van der Waals surface area (Å²) < 4.78 is 5.58. The van der Waals surface area contributed by atoms with E-state index < -0.39 is 0 Å². The fourth-order valence-corrected chi connectivity index (χ4v) is 3.35. The van der Waals surface area contributed by atoms with E-state index in [4.69, 9.17) is 4.74 Å². The Morgan fingerprint density at radius 3 is 2.65 bits per heavy atom. The molecule has 0 aromatic heterocycles. The highest BCUT2D eigenvalue weighted by Gasteiger charge is 2.38. The molecule has 1 aliphatic carbocycles. The number of piperazine rings is 1. The average Bonchev–Trinajstić information content (AvgIpc) is 3.31. The van der Waals surface area contributed by atoms with Gasteiger partial charge in [0.25, 0.3) is 0 Å². The zero-order chi connectivity index (χ0) is 14.1. The number of nitrogens with one attached hydrogen (secondary N) is 1. The van der Waals surface area contributed by atoms with Crippen molar-refractivity contribution in [3.8, 4) is 5.75 Å². The molecule has 2 atom stereocenters. The fraction of sp³-hybridized carbons (Fsp3) is 0.647. The van der Waals surface area contributed by atoms with Crippen molar-refractivity contribution in [3.05, 3.63) is 24.3 Å². The van der Waals surface area contributed by atoms with Gasteiger partial charge in [-0.15, -0.1) is 0 Å². The van der Waals surface area contributed by atoms with Gasteiger partial charge in [0.05, 0.1) is 12.8 Å². The van der Waals surface area contributed by atoms with Gasteiger partial charge >= 0.3 is 0 Å².